The molecule has 0 spiro atoms. The van der Waals surface area contributed by atoms with Crippen LogP contribution in [0, 0.1) is 5.82 Å². The summed E-state index contributed by atoms with van der Waals surface area (Å²) in [5.41, 5.74) is 5.11. The third-order valence-electron chi connectivity index (χ3n) is 2.90. The van der Waals surface area contributed by atoms with Crippen molar-refractivity contribution in [3.8, 4) is 0 Å². The molecule has 0 radical (unpaired) electrons. The maximum atomic E-state index is 14.0. The summed E-state index contributed by atoms with van der Waals surface area (Å²) in [5, 5.41) is 9.39. The maximum Gasteiger partial charge on any atom is 0.246 e. The van der Waals surface area contributed by atoms with Crippen molar-refractivity contribution in [2.45, 2.75) is 17.4 Å². The minimum absolute atomic E-state index is 0.0113. The highest BCUT2D eigenvalue weighted by Gasteiger charge is 2.34. The number of aliphatic hydroxyl groups is 1. The number of hydrogen-bond acceptors (Lipinski definition) is 4. The first-order valence-electron chi connectivity index (χ1n) is 5.36. The van der Waals surface area contributed by atoms with Gasteiger partial charge in [0.1, 0.15) is 4.90 Å². The van der Waals surface area contributed by atoms with Crippen molar-refractivity contribution in [2.24, 2.45) is 0 Å². The number of nitrogens with two attached hydrogens (primary N) is 1. The zero-order valence-corrected chi connectivity index (χ0v) is 12.8. The molecule has 3 N–H and O–H groups in total. The lowest BCUT2D eigenvalue weighted by atomic mass is 10.3. The number of anilines is 1. The van der Waals surface area contributed by atoms with Crippen molar-refractivity contribution in [1.29, 1.82) is 0 Å². The highest BCUT2D eigenvalue weighted by atomic mass is 79.9. The Morgan fingerprint density at radius 1 is 1.58 bits per heavy atom. The number of halogens is 3. The van der Waals surface area contributed by atoms with Gasteiger partial charge in [-0.15, -0.1) is 0 Å². The summed E-state index contributed by atoms with van der Waals surface area (Å²) in [6, 6.07) is 1.01. The summed E-state index contributed by atoms with van der Waals surface area (Å²) in [7, 11) is -4.05. The van der Waals surface area contributed by atoms with E-state index in [9.17, 15) is 17.9 Å². The van der Waals surface area contributed by atoms with Crippen LogP contribution in [0.1, 0.15) is 6.42 Å². The predicted molar refractivity (Wildman–Crippen MR) is 72.9 cm³/mol. The van der Waals surface area contributed by atoms with Gasteiger partial charge in [-0.1, -0.05) is 11.6 Å². The molecule has 19 heavy (non-hydrogen) atoms. The second kappa shape index (κ2) is 5.17. The molecular weight excluding hydrogens is 363 g/mol. The number of nitrogen functional groups attached to an aromatic ring is 1. The van der Waals surface area contributed by atoms with Crippen LogP contribution in [0.2, 0.25) is 5.02 Å². The van der Waals surface area contributed by atoms with E-state index in [1.807, 2.05) is 0 Å². The van der Waals surface area contributed by atoms with Crippen LogP contribution >= 0.6 is 27.5 Å². The molecule has 0 bridgehead atoms. The summed E-state index contributed by atoms with van der Waals surface area (Å²) >= 11 is 8.79. The average Bonchev–Trinajstić information content (AvgIpc) is 2.78. The molecule has 0 aliphatic carbocycles. The molecule has 1 heterocycles. The van der Waals surface area contributed by atoms with Crippen molar-refractivity contribution < 1.29 is 17.9 Å². The van der Waals surface area contributed by atoms with Crippen LogP contribution in [0.25, 0.3) is 0 Å². The zero-order chi connectivity index (χ0) is 14.4. The van der Waals surface area contributed by atoms with Gasteiger partial charge in [-0.25, -0.2) is 12.8 Å². The fourth-order valence-electron chi connectivity index (χ4n) is 1.86. The van der Waals surface area contributed by atoms with Crippen molar-refractivity contribution in [1.82, 2.24) is 4.31 Å². The van der Waals surface area contributed by atoms with Gasteiger partial charge in [-0.05, 0) is 28.4 Å². The number of rotatable bonds is 2. The van der Waals surface area contributed by atoms with E-state index in [1.165, 1.54) is 0 Å². The van der Waals surface area contributed by atoms with E-state index in [2.05, 4.69) is 15.9 Å². The Labute approximate surface area is 123 Å². The van der Waals surface area contributed by atoms with Crippen molar-refractivity contribution in [3.05, 3.63) is 21.4 Å². The minimum atomic E-state index is -4.05. The first kappa shape index (κ1) is 15.0. The Kier molecular flexibility index (Phi) is 4.08. The Balaban J connectivity index is 2.53. The molecule has 0 saturated carbocycles. The lowest BCUT2D eigenvalue weighted by molar-refractivity contribution is 0.189. The lowest BCUT2D eigenvalue weighted by Gasteiger charge is -2.17. The van der Waals surface area contributed by atoms with Gasteiger partial charge in [-0.2, -0.15) is 4.31 Å². The van der Waals surface area contributed by atoms with E-state index >= 15 is 0 Å². The molecule has 0 aromatic heterocycles. The second-order valence-electron chi connectivity index (χ2n) is 4.20. The van der Waals surface area contributed by atoms with Crippen LogP contribution in [0.4, 0.5) is 10.1 Å². The van der Waals surface area contributed by atoms with Crippen LogP contribution < -0.4 is 5.73 Å². The van der Waals surface area contributed by atoms with Crippen LogP contribution in [0.3, 0.4) is 0 Å². The zero-order valence-electron chi connectivity index (χ0n) is 9.61. The van der Waals surface area contributed by atoms with E-state index in [0.717, 1.165) is 10.4 Å². The van der Waals surface area contributed by atoms with E-state index in [0.29, 0.717) is 6.42 Å². The van der Waals surface area contributed by atoms with Crippen molar-refractivity contribution >= 4 is 43.2 Å². The molecule has 1 fully saturated rings. The molecule has 2 rings (SSSR count). The van der Waals surface area contributed by atoms with E-state index < -0.39 is 26.8 Å². The Morgan fingerprint density at radius 2 is 2.21 bits per heavy atom. The lowest BCUT2D eigenvalue weighted by Crippen LogP contribution is -2.30. The third-order valence-corrected chi connectivity index (χ3v) is 6.15. The number of β-amino-alcohol motifs (C(OH)–C–C–N with tert-alkyl or cyclic N) is 1. The largest absolute Gasteiger partial charge is 0.395 e. The molecule has 0 amide bonds. The van der Waals surface area contributed by atoms with Crippen LogP contribution in [-0.4, -0.2) is 37.0 Å². The fourth-order valence-corrected chi connectivity index (χ4v) is 4.01. The number of benzene rings is 1. The SMILES string of the molecule is Nc1c(F)c(S(=O)(=O)N2CC[C@@H](O)C2)cc(Cl)c1Br. The molecule has 1 aliphatic heterocycles. The molecule has 0 unspecified atom stereocenters. The number of aliphatic hydroxyl groups excluding tert-OH is 1. The minimum Gasteiger partial charge on any atom is -0.395 e. The van der Waals surface area contributed by atoms with Crippen LogP contribution in [0.5, 0.6) is 0 Å². The van der Waals surface area contributed by atoms with Crippen molar-refractivity contribution in [2.75, 3.05) is 18.8 Å². The third kappa shape index (κ3) is 2.59. The predicted octanol–water partition coefficient (Wildman–Crippen LogP) is 1.58. The van der Waals surface area contributed by atoms with Gasteiger partial charge >= 0.3 is 0 Å². The number of nitrogens with zero attached hydrogens (tertiary/aromatic N) is 1. The summed E-state index contributed by atoms with van der Waals surface area (Å²) in [4.78, 5) is -0.577. The molecule has 1 atom stereocenters. The maximum absolute atomic E-state index is 14.0. The summed E-state index contributed by atoms with van der Waals surface area (Å²) in [5.74, 6) is -1.04. The van der Waals surface area contributed by atoms with Gasteiger partial charge in [0.25, 0.3) is 0 Å². The summed E-state index contributed by atoms with van der Waals surface area (Å²) in [6.07, 6.45) is -0.415. The van der Waals surface area contributed by atoms with Gasteiger partial charge in [0.2, 0.25) is 10.0 Å². The summed E-state index contributed by atoms with van der Waals surface area (Å²) < 4.78 is 39.7. The monoisotopic (exact) mass is 372 g/mol. The first-order chi connectivity index (χ1) is 8.75. The van der Waals surface area contributed by atoms with E-state index in [1.54, 1.807) is 0 Å². The van der Waals surface area contributed by atoms with Crippen LogP contribution in [-0.2, 0) is 10.0 Å². The normalized spacial score (nSPS) is 20.9. The smallest absolute Gasteiger partial charge is 0.246 e. The molecule has 1 aromatic carbocycles. The fraction of sp³-hybridized carbons (Fsp3) is 0.400. The van der Waals surface area contributed by atoms with Crippen molar-refractivity contribution in [3.63, 3.8) is 0 Å². The van der Waals surface area contributed by atoms with Crippen LogP contribution in [0.15, 0.2) is 15.4 Å². The Hall–Kier alpha value is -0.410. The van der Waals surface area contributed by atoms with E-state index in [4.69, 9.17) is 17.3 Å². The first-order valence-corrected chi connectivity index (χ1v) is 7.97. The molecule has 9 heteroatoms. The summed E-state index contributed by atoms with van der Waals surface area (Å²) in [6.45, 7) is 0.0753. The van der Waals surface area contributed by atoms with Gasteiger partial charge in [0.05, 0.1) is 21.3 Å². The molecular formula is C10H11BrClFN2O3S. The topological polar surface area (TPSA) is 83.6 Å². The second-order valence-corrected chi connectivity index (χ2v) is 7.31. The highest BCUT2D eigenvalue weighted by molar-refractivity contribution is 9.10. The standard InChI is InChI=1S/C10H11BrClFN2O3S/c11-8-6(12)3-7(9(13)10(8)14)19(17,18)15-2-1-5(16)4-15/h3,5,16H,1-2,4,14H2/t5-/m1/s1. The van der Waals surface area contributed by atoms with Gasteiger partial charge < -0.3 is 10.8 Å². The van der Waals surface area contributed by atoms with E-state index in [-0.39, 0.29) is 28.3 Å². The molecule has 1 aliphatic rings. The average molecular weight is 374 g/mol. The highest BCUT2D eigenvalue weighted by Crippen LogP contribution is 2.36. The Bertz CT molecular complexity index is 626. The Morgan fingerprint density at radius 3 is 2.74 bits per heavy atom. The van der Waals surface area contributed by atoms with Gasteiger partial charge in [-0.3, -0.25) is 0 Å². The number of hydrogen-bond donors (Lipinski definition) is 2. The molecule has 1 saturated heterocycles. The quantitative estimate of drug-likeness (QED) is 0.609. The van der Waals surface area contributed by atoms with Gasteiger partial charge in [0.15, 0.2) is 5.82 Å². The molecule has 106 valence electrons. The molecule has 1 aromatic rings. The van der Waals surface area contributed by atoms with Gasteiger partial charge in [0, 0.05) is 13.1 Å². The number of sulfonamides is 1. The molecule has 5 nitrogen and oxygen atoms in total.